The largest absolute Gasteiger partial charge is 0.464 e. The minimum atomic E-state index is -0.393. The van der Waals surface area contributed by atoms with Crippen LogP contribution in [0.15, 0.2) is 65.7 Å². The van der Waals surface area contributed by atoms with Crippen molar-refractivity contribution in [1.29, 1.82) is 0 Å². The molecule has 1 aliphatic heterocycles. The van der Waals surface area contributed by atoms with Crippen molar-refractivity contribution < 1.29 is 18.8 Å². The van der Waals surface area contributed by atoms with Gasteiger partial charge in [-0.25, -0.2) is 9.97 Å². The summed E-state index contributed by atoms with van der Waals surface area (Å²) in [6.45, 7) is 2.70. The number of aromatic nitrogens is 3. The number of furan rings is 1. The van der Waals surface area contributed by atoms with Gasteiger partial charge >= 0.3 is 0 Å². The highest BCUT2D eigenvalue weighted by Crippen LogP contribution is 2.27. The van der Waals surface area contributed by atoms with E-state index in [1.807, 2.05) is 36.4 Å². The van der Waals surface area contributed by atoms with Gasteiger partial charge in [0.15, 0.2) is 0 Å². The van der Waals surface area contributed by atoms with Crippen LogP contribution in [0.2, 0.25) is 0 Å². The van der Waals surface area contributed by atoms with Crippen molar-refractivity contribution in [2.75, 3.05) is 18.0 Å². The fourth-order valence-electron chi connectivity index (χ4n) is 4.43. The van der Waals surface area contributed by atoms with Crippen molar-refractivity contribution in [2.24, 2.45) is 0 Å². The normalized spacial score (nSPS) is 13.9. The average molecular weight is 499 g/mol. The number of carbonyl (C=O) groups is 3. The highest BCUT2D eigenvalue weighted by Gasteiger charge is 2.23. The number of benzene rings is 1. The third kappa shape index (κ3) is 5.64. The predicted molar refractivity (Wildman–Crippen MR) is 137 cm³/mol. The zero-order valence-corrected chi connectivity index (χ0v) is 20.3. The number of anilines is 1. The monoisotopic (exact) mass is 498 g/mol. The van der Waals surface area contributed by atoms with E-state index >= 15 is 0 Å². The Hall–Kier alpha value is -4.60. The molecule has 37 heavy (non-hydrogen) atoms. The highest BCUT2D eigenvalue weighted by molar-refractivity contribution is 5.96. The molecule has 10 heteroatoms. The van der Waals surface area contributed by atoms with Gasteiger partial charge < -0.3 is 14.6 Å². The van der Waals surface area contributed by atoms with Crippen LogP contribution in [0.1, 0.15) is 35.7 Å². The van der Waals surface area contributed by atoms with Crippen molar-refractivity contribution in [3.8, 4) is 11.3 Å². The molecule has 0 radical (unpaired) electrons. The minimum absolute atomic E-state index is 0.0461. The van der Waals surface area contributed by atoms with Crippen LogP contribution in [0, 0.1) is 0 Å². The molecule has 3 aromatic heterocycles. The molecule has 3 amide bonds. The fourth-order valence-corrected chi connectivity index (χ4v) is 4.43. The van der Waals surface area contributed by atoms with Gasteiger partial charge in [0.1, 0.15) is 5.58 Å². The number of nitrogens with zero attached hydrogens (tertiary/aromatic N) is 4. The third-order valence-electron chi connectivity index (χ3n) is 6.29. The van der Waals surface area contributed by atoms with Gasteiger partial charge in [-0.3, -0.25) is 24.7 Å². The molecule has 0 bridgehead atoms. The molecule has 1 aromatic carbocycles. The molecule has 0 atom stereocenters. The van der Waals surface area contributed by atoms with Crippen LogP contribution in [-0.4, -0.2) is 51.8 Å². The van der Waals surface area contributed by atoms with E-state index in [0.29, 0.717) is 30.2 Å². The van der Waals surface area contributed by atoms with Crippen LogP contribution >= 0.6 is 0 Å². The van der Waals surface area contributed by atoms with Gasteiger partial charge in [0, 0.05) is 61.2 Å². The first-order chi connectivity index (χ1) is 18.0. The summed E-state index contributed by atoms with van der Waals surface area (Å²) >= 11 is 0. The van der Waals surface area contributed by atoms with Crippen LogP contribution in [0.3, 0.4) is 0 Å². The summed E-state index contributed by atoms with van der Waals surface area (Å²) in [5.74, 6) is -0.307. The summed E-state index contributed by atoms with van der Waals surface area (Å²) in [5.41, 5.74) is 3.74. The Labute approximate surface area is 213 Å². The summed E-state index contributed by atoms with van der Waals surface area (Å²) < 4.78 is 5.45. The highest BCUT2D eigenvalue weighted by atomic mass is 16.3. The Bertz CT molecular complexity index is 1420. The summed E-state index contributed by atoms with van der Waals surface area (Å²) in [6.07, 6.45) is 8.13. The predicted octanol–water partition coefficient (Wildman–Crippen LogP) is 2.89. The lowest BCUT2D eigenvalue weighted by Crippen LogP contribution is -2.45. The molecule has 0 unspecified atom stereocenters. The third-order valence-corrected chi connectivity index (χ3v) is 6.29. The number of pyridine rings is 1. The van der Waals surface area contributed by atoms with E-state index in [1.54, 1.807) is 24.9 Å². The number of hydrogen-bond acceptors (Lipinski definition) is 8. The van der Waals surface area contributed by atoms with Crippen LogP contribution < -0.4 is 15.5 Å². The molecule has 4 aromatic rings. The van der Waals surface area contributed by atoms with Gasteiger partial charge in [-0.05, 0) is 42.7 Å². The molecular weight excluding hydrogens is 472 g/mol. The molecule has 4 heterocycles. The standard InChI is InChI=1S/C27H26N6O4/c1-17(34)31-24(35)14-18-15-29-27(30-16-18)33-11-7-21(8-12-33)32-26(36)20-4-2-19(3-5-20)25-22-9-13-37-23(22)6-10-28-25/h2-6,9-10,13,15-16,21H,7-8,11-12,14H2,1H3,(H,32,36)(H,31,34,35). The second-order valence-electron chi connectivity index (χ2n) is 8.98. The van der Waals surface area contributed by atoms with E-state index < -0.39 is 5.91 Å². The number of imide groups is 1. The maximum atomic E-state index is 12.8. The quantitative estimate of drug-likeness (QED) is 0.415. The number of piperidine rings is 1. The molecule has 188 valence electrons. The van der Waals surface area contributed by atoms with Crippen LogP contribution in [0.4, 0.5) is 5.95 Å². The lowest BCUT2D eigenvalue weighted by atomic mass is 10.0. The lowest BCUT2D eigenvalue weighted by Gasteiger charge is -2.32. The first-order valence-electron chi connectivity index (χ1n) is 12.1. The van der Waals surface area contributed by atoms with E-state index in [2.05, 4.69) is 30.5 Å². The molecule has 1 fully saturated rings. The molecule has 2 N–H and O–H groups in total. The Balaban J connectivity index is 1.13. The van der Waals surface area contributed by atoms with Gasteiger partial charge in [0.2, 0.25) is 17.8 Å². The molecule has 0 spiro atoms. The Morgan fingerprint density at radius 2 is 1.73 bits per heavy atom. The number of amides is 3. The first kappa shape index (κ1) is 24.1. The molecule has 1 saturated heterocycles. The van der Waals surface area contributed by atoms with Crippen LogP contribution in [-0.2, 0) is 16.0 Å². The van der Waals surface area contributed by atoms with Crippen molar-refractivity contribution in [1.82, 2.24) is 25.6 Å². The topological polar surface area (TPSA) is 130 Å². The maximum absolute atomic E-state index is 12.8. The van der Waals surface area contributed by atoms with E-state index in [1.165, 1.54) is 6.92 Å². The number of rotatable bonds is 6. The van der Waals surface area contributed by atoms with E-state index in [-0.39, 0.29) is 24.3 Å². The zero-order chi connectivity index (χ0) is 25.8. The van der Waals surface area contributed by atoms with Gasteiger partial charge in [-0.15, -0.1) is 0 Å². The second-order valence-corrected chi connectivity index (χ2v) is 8.98. The molecule has 10 nitrogen and oxygen atoms in total. The van der Waals surface area contributed by atoms with Crippen molar-refractivity contribution in [2.45, 2.75) is 32.2 Å². The minimum Gasteiger partial charge on any atom is -0.464 e. The molecule has 0 saturated carbocycles. The Morgan fingerprint density at radius 1 is 1.00 bits per heavy atom. The van der Waals surface area contributed by atoms with Crippen molar-refractivity contribution in [3.63, 3.8) is 0 Å². The smallest absolute Gasteiger partial charge is 0.251 e. The second kappa shape index (κ2) is 10.6. The summed E-state index contributed by atoms with van der Waals surface area (Å²) in [6, 6.07) is 11.2. The SMILES string of the molecule is CC(=O)NC(=O)Cc1cnc(N2CCC(NC(=O)c3ccc(-c4nccc5occc45)cc3)CC2)nc1. The molecule has 1 aliphatic rings. The first-order valence-corrected chi connectivity index (χ1v) is 12.1. The van der Waals surface area contributed by atoms with Crippen LogP contribution in [0.25, 0.3) is 22.2 Å². The van der Waals surface area contributed by atoms with Gasteiger partial charge in [-0.2, -0.15) is 0 Å². The average Bonchev–Trinajstić information content (AvgIpc) is 3.38. The summed E-state index contributed by atoms with van der Waals surface area (Å²) in [7, 11) is 0. The van der Waals surface area contributed by atoms with Crippen LogP contribution in [0.5, 0.6) is 0 Å². The van der Waals surface area contributed by atoms with Crippen molar-refractivity contribution >= 4 is 34.6 Å². The number of hydrogen-bond donors (Lipinski definition) is 2. The Morgan fingerprint density at radius 3 is 2.43 bits per heavy atom. The van der Waals surface area contributed by atoms with Gasteiger partial charge in [-0.1, -0.05) is 12.1 Å². The van der Waals surface area contributed by atoms with E-state index in [4.69, 9.17) is 4.42 Å². The molecule has 5 rings (SSSR count). The van der Waals surface area contributed by atoms with E-state index in [0.717, 1.165) is 35.1 Å². The van der Waals surface area contributed by atoms with Gasteiger partial charge in [0.25, 0.3) is 5.91 Å². The molecular formula is C27H26N6O4. The summed E-state index contributed by atoms with van der Waals surface area (Å²) in [5, 5.41) is 6.30. The summed E-state index contributed by atoms with van der Waals surface area (Å²) in [4.78, 5) is 50.8. The lowest BCUT2D eigenvalue weighted by molar-refractivity contribution is -0.128. The molecule has 0 aliphatic carbocycles. The zero-order valence-electron chi connectivity index (χ0n) is 20.3. The van der Waals surface area contributed by atoms with Crippen molar-refractivity contribution in [3.05, 3.63) is 72.4 Å². The maximum Gasteiger partial charge on any atom is 0.251 e. The number of nitrogens with one attached hydrogen (secondary N) is 2. The van der Waals surface area contributed by atoms with E-state index in [9.17, 15) is 14.4 Å². The number of carbonyl (C=O) groups excluding carboxylic acids is 3. The van der Waals surface area contributed by atoms with Gasteiger partial charge in [0.05, 0.1) is 18.4 Å². The number of fused-ring (bicyclic) bond motifs is 1. The fraction of sp³-hybridized carbons (Fsp3) is 0.259. The Kier molecular flexibility index (Phi) is 6.89.